The Bertz CT molecular complexity index is 950. The SMILES string of the molecule is CCCNC(=O)CN1C(=O)COc2ccc(NC(=O)COc3ccccc3Cl)cc21. The van der Waals surface area contributed by atoms with Gasteiger partial charge in [0.05, 0.1) is 10.7 Å². The minimum absolute atomic E-state index is 0.123. The molecule has 3 rings (SSSR count). The van der Waals surface area contributed by atoms with Crippen LogP contribution in [0.1, 0.15) is 13.3 Å². The van der Waals surface area contributed by atoms with E-state index >= 15 is 0 Å². The van der Waals surface area contributed by atoms with Crippen molar-refractivity contribution in [3.8, 4) is 11.5 Å². The number of rotatable bonds is 8. The Hall–Kier alpha value is -3.26. The molecule has 0 aliphatic carbocycles. The first kappa shape index (κ1) is 21.4. The van der Waals surface area contributed by atoms with E-state index in [0.717, 1.165) is 6.42 Å². The van der Waals surface area contributed by atoms with Gasteiger partial charge in [-0.05, 0) is 36.8 Å². The van der Waals surface area contributed by atoms with E-state index in [1.165, 1.54) is 4.90 Å². The number of hydrogen-bond acceptors (Lipinski definition) is 5. The number of nitrogens with zero attached hydrogens (tertiary/aromatic N) is 1. The van der Waals surface area contributed by atoms with Gasteiger partial charge in [0.15, 0.2) is 13.2 Å². The maximum absolute atomic E-state index is 12.3. The van der Waals surface area contributed by atoms with E-state index in [4.69, 9.17) is 21.1 Å². The van der Waals surface area contributed by atoms with Gasteiger partial charge < -0.3 is 20.1 Å². The summed E-state index contributed by atoms with van der Waals surface area (Å²) >= 11 is 6.01. The summed E-state index contributed by atoms with van der Waals surface area (Å²) in [6, 6.07) is 11.7. The number of fused-ring (bicyclic) bond motifs is 1. The zero-order chi connectivity index (χ0) is 21.5. The summed E-state index contributed by atoms with van der Waals surface area (Å²) in [6.07, 6.45) is 0.797. The fourth-order valence-electron chi connectivity index (χ4n) is 2.82. The van der Waals surface area contributed by atoms with E-state index in [0.29, 0.717) is 34.4 Å². The Kier molecular flexibility index (Phi) is 7.13. The van der Waals surface area contributed by atoms with E-state index in [-0.39, 0.29) is 31.6 Å². The minimum Gasteiger partial charge on any atom is -0.482 e. The third-order valence-electron chi connectivity index (χ3n) is 4.25. The zero-order valence-corrected chi connectivity index (χ0v) is 17.2. The first-order valence-electron chi connectivity index (χ1n) is 9.49. The van der Waals surface area contributed by atoms with E-state index in [9.17, 15) is 14.4 Å². The summed E-state index contributed by atoms with van der Waals surface area (Å²) in [7, 11) is 0. The maximum Gasteiger partial charge on any atom is 0.265 e. The number of amides is 3. The number of carbonyl (C=O) groups is 3. The molecule has 0 spiro atoms. The van der Waals surface area contributed by atoms with E-state index in [1.54, 1.807) is 42.5 Å². The molecule has 2 N–H and O–H groups in total. The summed E-state index contributed by atoms with van der Waals surface area (Å²) < 4.78 is 10.9. The Labute approximate surface area is 179 Å². The van der Waals surface area contributed by atoms with Gasteiger partial charge in [-0.2, -0.15) is 0 Å². The number of anilines is 2. The Morgan fingerprint density at radius 3 is 2.77 bits per heavy atom. The second-order valence-electron chi connectivity index (χ2n) is 6.57. The van der Waals surface area contributed by atoms with Gasteiger partial charge in [-0.3, -0.25) is 19.3 Å². The van der Waals surface area contributed by atoms with Crippen LogP contribution in [0.25, 0.3) is 0 Å². The van der Waals surface area contributed by atoms with E-state index < -0.39 is 5.91 Å². The summed E-state index contributed by atoms with van der Waals surface area (Å²) in [5.41, 5.74) is 0.862. The summed E-state index contributed by atoms with van der Waals surface area (Å²) in [5.74, 6) is -0.128. The monoisotopic (exact) mass is 431 g/mol. The lowest BCUT2D eigenvalue weighted by Crippen LogP contribution is -2.45. The van der Waals surface area contributed by atoms with Crippen molar-refractivity contribution in [2.24, 2.45) is 0 Å². The number of ether oxygens (including phenoxy) is 2. The van der Waals surface area contributed by atoms with Crippen molar-refractivity contribution in [2.75, 3.05) is 36.5 Å². The molecular formula is C21H22ClN3O5. The Morgan fingerprint density at radius 1 is 1.20 bits per heavy atom. The zero-order valence-electron chi connectivity index (χ0n) is 16.4. The average Bonchev–Trinajstić information content (AvgIpc) is 2.74. The largest absolute Gasteiger partial charge is 0.482 e. The maximum atomic E-state index is 12.3. The quantitative estimate of drug-likeness (QED) is 0.669. The van der Waals surface area contributed by atoms with Crippen LogP contribution in [0.15, 0.2) is 42.5 Å². The van der Waals surface area contributed by atoms with Gasteiger partial charge in [-0.1, -0.05) is 30.7 Å². The van der Waals surface area contributed by atoms with Crippen molar-refractivity contribution in [3.05, 3.63) is 47.5 Å². The molecule has 0 atom stereocenters. The fraction of sp³-hybridized carbons (Fsp3) is 0.286. The first-order valence-corrected chi connectivity index (χ1v) is 9.87. The van der Waals surface area contributed by atoms with Crippen molar-refractivity contribution in [1.29, 1.82) is 0 Å². The normalized spacial score (nSPS) is 12.6. The molecule has 0 fully saturated rings. The van der Waals surface area contributed by atoms with Crippen LogP contribution < -0.4 is 25.0 Å². The van der Waals surface area contributed by atoms with Crippen LogP contribution in [0.3, 0.4) is 0 Å². The second-order valence-corrected chi connectivity index (χ2v) is 6.98. The summed E-state index contributed by atoms with van der Waals surface area (Å²) in [6.45, 7) is 1.97. The number of benzene rings is 2. The lowest BCUT2D eigenvalue weighted by atomic mass is 10.2. The predicted molar refractivity (Wildman–Crippen MR) is 113 cm³/mol. The minimum atomic E-state index is -0.398. The number of halogens is 1. The van der Waals surface area contributed by atoms with Gasteiger partial charge in [0.25, 0.3) is 11.8 Å². The molecule has 9 heteroatoms. The molecule has 0 bridgehead atoms. The van der Waals surface area contributed by atoms with Gasteiger partial charge >= 0.3 is 0 Å². The fourth-order valence-corrected chi connectivity index (χ4v) is 3.01. The molecule has 1 heterocycles. The van der Waals surface area contributed by atoms with Gasteiger partial charge in [0.1, 0.15) is 18.0 Å². The predicted octanol–water partition coefficient (Wildman–Crippen LogP) is 2.61. The van der Waals surface area contributed by atoms with E-state index in [1.807, 2.05) is 6.92 Å². The standard InChI is InChI=1S/C21H22ClN3O5/c1-2-9-23-19(26)11-25-16-10-14(7-8-18(16)30-13-21(25)28)24-20(27)12-29-17-6-4-3-5-15(17)22/h3-8,10H,2,9,11-13H2,1H3,(H,23,26)(H,24,27). The highest BCUT2D eigenvalue weighted by molar-refractivity contribution is 6.32. The number of hydrogen-bond donors (Lipinski definition) is 2. The Morgan fingerprint density at radius 2 is 2.00 bits per heavy atom. The summed E-state index contributed by atoms with van der Waals surface area (Å²) in [5, 5.41) is 5.86. The van der Waals surface area contributed by atoms with E-state index in [2.05, 4.69) is 10.6 Å². The van der Waals surface area contributed by atoms with Gasteiger partial charge in [0.2, 0.25) is 5.91 Å². The van der Waals surface area contributed by atoms with Crippen LogP contribution in [0.5, 0.6) is 11.5 Å². The molecule has 3 amide bonds. The highest BCUT2D eigenvalue weighted by Crippen LogP contribution is 2.34. The molecule has 1 aliphatic rings. The van der Waals surface area contributed by atoms with Crippen LogP contribution in [0, 0.1) is 0 Å². The first-order chi connectivity index (χ1) is 14.5. The highest BCUT2D eigenvalue weighted by Gasteiger charge is 2.27. The lowest BCUT2D eigenvalue weighted by Gasteiger charge is -2.29. The molecule has 0 aromatic heterocycles. The molecule has 2 aromatic rings. The van der Waals surface area contributed by atoms with Gasteiger partial charge in [-0.15, -0.1) is 0 Å². The van der Waals surface area contributed by atoms with Gasteiger partial charge in [-0.25, -0.2) is 0 Å². The van der Waals surface area contributed by atoms with Gasteiger partial charge in [0, 0.05) is 12.2 Å². The Balaban J connectivity index is 1.67. The van der Waals surface area contributed by atoms with Crippen LogP contribution in [0.4, 0.5) is 11.4 Å². The van der Waals surface area contributed by atoms with Crippen molar-refractivity contribution in [1.82, 2.24) is 5.32 Å². The van der Waals surface area contributed by atoms with Crippen molar-refractivity contribution in [3.63, 3.8) is 0 Å². The van der Waals surface area contributed by atoms with Crippen LogP contribution in [-0.2, 0) is 14.4 Å². The molecule has 0 saturated carbocycles. The highest BCUT2D eigenvalue weighted by atomic mass is 35.5. The lowest BCUT2D eigenvalue weighted by molar-refractivity contribution is -0.125. The number of para-hydroxylation sites is 1. The van der Waals surface area contributed by atoms with Crippen LogP contribution >= 0.6 is 11.6 Å². The molecule has 0 saturated heterocycles. The molecule has 158 valence electrons. The second kappa shape index (κ2) is 9.98. The third kappa shape index (κ3) is 5.42. The van der Waals surface area contributed by atoms with Crippen molar-refractivity contribution < 1.29 is 23.9 Å². The average molecular weight is 432 g/mol. The molecule has 0 radical (unpaired) electrons. The molecule has 30 heavy (non-hydrogen) atoms. The van der Waals surface area contributed by atoms with Crippen molar-refractivity contribution >= 4 is 40.7 Å². The number of nitrogens with one attached hydrogen (secondary N) is 2. The third-order valence-corrected chi connectivity index (χ3v) is 4.57. The smallest absolute Gasteiger partial charge is 0.265 e. The topological polar surface area (TPSA) is 97.0 Å². The van der Waals surface area contributed by atoms with Crippen LogP contribution in [-0.4, -0.2) is 44.0 Å². The molecule has 1 aliphatic heterocycles. The molecule has 2 aromatic carbocycles. The molecule has 8 nitrogen and oxygen atoms in total. The molecular weight excluding hydrogens is 410 g/mol. The number of carbonyl (C=O) groups excluding carboxylic acids is 3. The van der Waals surface area contributed by atoms with Crippen LogP contribution in [0.2, 0.25) is 5.02 Å². The summed E-state index contributed by atoms with van der Waals surface area (Å²) in [4.78, 5) is 38.0. The van der Waals surface area contributed by atoms with Crippen molar-refractivity contribution in [2.45, 2.75) is 13.3 Å². The molecule has 0 unspecified atom stereocenters.